The van der Waals surface area contributed by atoms with E-state index in [1.807, 2.05) is 6.92 Å². The molecule has 0 saturated carbocycles. The Bertz CT molecular complexity index is 527. The van der Waals surface area contributed by atoms with Crippen molar-refractivity contribution in [3.63, 3.8) is 0 Å². The van der Waals surface area contributed by atoms with Crippen molar-refractivity contribution in [3.05, 3.63) is 11.6 Å². The third-order valence-corrected chi connectivity index (χ3v) is 9.80. The molecule has 0 aliphatic carbocycles. The van der Waals surface area contributed by atoms with Crippen molar-refractivity contribution in [2.24, 2.45) is 5.92 Å². The van der Waals surface area contributed by atoms with Crippen LogP contribution in [0.2, 0.25) is 18.1 Å². The molecule has 0 spiro atoms. The zero-order valence-corrected chi connectivity index (χ0v) is 14.8. The number of ether oxygens (including phenoxy) is 1. The summed E-state index contributed by atoms with van der Waals surface area (Å²) in [5.74, 6) is -0.330. The Morgan fingerprint density at radius 1 is 1.52 bits per heavy atom. The summed E-state index contributed by atoms with van der Waals surface area (Å²) in [5.41, 5.74) is 0.0922. The van der Waals surface area contributed by atoms with Crippen molar-refractivity contribution in [1.82, 2.24) is 0 Å². The maximum atomic E-state index is 11.9. The first kappa shape index (κ1) is 16.4. The zero-order chi connectivity index (χ0) is 16.1. The lowest BCUT2D eigenvalue weighted by molar-refractivity contribution is -0.133. The van der Waals surface area contributed by atoms with E-state index < -0.39 is 20.0 Å². The predicted octanol–water partition coefficient (Wildman–Crippen LogP) is 3.20. The van der Waals surface area contributed by atoms with Crippen LogP contribution in [0.1, 0.15) is 34.1 Å². The maximum Gasteiger partial charge on any atom is 0.192 e. The van der Waals surface area contributed by atoms with Crippen molar-refractivity contribution >= 4 is 14.1 Å². The molecule has 0 aromatic heterocycles. The molecule has 2 rings (SSSR count). The van der Waals surface area contributed by atoms with Crippen LogP contribution in [0.4, 0.5) is 0 Å². The third-order valence-electron chi connectivity index (χ3n) is 5.32. The molecule has 1 saturated heterocycles. The molecule has 0 radical (unpaired) electrons. The molecular weight excluding hydrogens is 282 g/mol. The van der Waals surface area contributed by atoms with Crippen molar-refractivity contribution < 1.29 is 14.0 Å². The minimum atomic E-state index is -1.92. The van der Waals surface area contributed by atoms with Crippen LogP contribution in [-0.2, 0) is 14.0 Å². The molecule has 0 N–H and O–H groups in total. The summed E-state index contributed by atoms with van der Waals surface area (Å²) in [4.78, 5) is 11.9. The van der Waals surface area contributed by atoms with Gasteiger partial charge in [-0.3, -0.25) is 4.79 Å². The second-order valence-corrected chi connectivity index (χ2v) is 12.5. The van der Waals surface area contributed by atoms with Gasteiger partial charge < -0.3 is 9.16 Å². The molecule has 0 aromatic carbocycles. The fourth-order valence-corrected chi connectivity index (χ4v) is 3.68. The number of fused-ring (bicyclic) bond motifs is 2. The summed E-state index contributed by atoms with van der Waals surface area (Å²) in [6.07, 6.45) is 1.64. The lowest BCUT2D eigenvalue weighted by Gasteiger charge is -2.41. The Hall–Kier alpha value is -0.963. The van der Waals surface area contributed by atoms with E-state index >= 15 is 0 Å². The zero-order valence-electron chi connectivity index (χ0n) is 13.8. The van der Waals surface area contributed by atoms with E-state index in [1.54, 1.807) is 6.08 Å². The Kier molecular flexibility index (Phi) is 3.94. The highest BCUT2D eigenvalue weighted by molar-refractivity contribution is 6.74. The van der Waals surface area contributed by atoms with Crippen LogP contribution in [-0.4, -0.2) is 32.4 Å². The number of carbonyl (C=O) groups is 1. The fraction of sp³-hybridized carbons (Fsp3) is 0.750. The summed E-state index contributed by atoms with van der Waals surface area (Å²) < 4.78 is 12.3. The van der Waals surface area contributed by atoms with Gasteiger partial charge in [-0.05, 0) is 36.7 Å². The normalized spacial score (nSPS) is 32.8. The van der Waals surface area contributed by atoms with Gasteiger partial charge in [0.15, 0.2) is 14.1 Å². The molecule has 2 heterocycles. The molecule has 2 aliphatic heterocycles. The molecule has 0 aromatic rings. The van der Waals surface area contributed by atoms with Gasteiger partial charge in [-0.1, -0.05) is 20.8 Å². The van der Waals surface area contributed by atoms with Crippen LogP contribution in [0.3, 0.4) is 0 Å². The Morgan fingerprint density at radius 3 is 2.67 bits per heavy atom. The van der Waals surface area contributed by atoms with Crippen LogP contribution >= 0.6 is 0 Å². The van der Waals surface area contributed by atoms with Crippen molar-refractivity contribution in [2.45, 2.75) is 64.0 Å². The smallest absolute Gasteiger partial charge is 0.192 e. The summed E-state index contributed by atoms with van der Waals surface area (Å²) in [6.45, 7) is 13.2. The van der Waals surface area contributed by atoms with Crippen LogP contribution in [0.5, 0.6) is 0 Å². The standard InChI is InChI=1S/C16H25NO3Si/c1-11-7-13(18)14-8-12(9-17)16(11,20-14)10-19-21(5,6)15(2,3)4/h7,12,14H,8,10H2,1-6H3/t12-,14-,16-/m0/s1. The summed E-state index contributed by atoms with van der Waals surface area (Å²) >= 11 is 0. The molecule has 0 unspecified atom stereocenters. The quantitative estimate of drug-likeness (QED) is 0.751. The van der Waals surface area contributed by atoms with Crippen LogP contribution in [0.25, 0.3) is 0 Å². The molecule has 2 bridgehead atoms. The van der Waals surface area contributed by atoms with E-state index in [-0.39, 0.29) is 16.7 Å². The van der Waals surface area contributed by atoms with E-state index in [0.29, 0.717) is 13.0 Å². The minimum Gasteiger partial charge on any atom is -0.413 e. The Balaban J connectivity index is 2.27. The first-order chi connectivity index (χ1) is 9.53. The molecule has 0 amide bonds. The molecule has 4 nitrogen and oxygen atoms in total. The summed E-state index contributed by atoms with van der Waals surface area (Å²) in [7, 11) is -1.92. The molecule has 3 atom stereocenters. The molecule has 2 aliphatic rings. The summed E-state index contributed by atoms with van der Waals surface area (Å²) in [5, 5.41) is 9.56. The van der Waals surface area contributed by atoms with Gasteiger partial charge in [-0.2, -0.15) is 5.26 Å². The van der Waals surface area contributed by atoms with E-state index in [9.17, 15) is 10.1 Å². The lowest BCUT2D eigenvalue weighted by Crippen LogP contribution is -2.50. The van der Waals surface area contributed by atoms with E-state index in [2.05, 4.69) is 39.9 Å². The van der Waals surface area contributed by atoms with Gasteiger partial charge in [0.05, 0.1) is 18.6 Å². The predicted molar refractivity (Wildman–Crippen MR) is 83.2 cm³/mol. The minimum absolute atomic E-state index is 0.0202. The van der Waals surface area contributed by atoms with Gasteiger partial charge in [-0.25, -0.2) is 0 Å². The second-order valence-electron chi connectivity index (χ2n) is 7.69. The highest BCUT2D eigenvalue weighted by Crippen LogP contribution is 2.46. The van der Waals surface area contributed by atoms with Gasteiger partial charge in [-0.15, -0.1) is 0 Å². The SMILES string of the molecule is CC1=CC(=O)[C@@H]2C[C@@H](C#N)[C@@]1(CO[Si](C)(C)C(C)(C)C)O2. The highest BCUT2D eigenvalue weighted by atomic mass is 28.4. The van der Waals surface area contributed by atoms with E-state index in [1.165, 1.54) is 0 Å². The van der Waals surface area contributed by atoms with Crippen molar-refractivity contribution in [3.8, 4) is 6.07 Å². The van der Waals surface area contributed by atoms with Crippen molar-refractivity contribution in [1.29, 1.82) is 5.26 Å². The molecule has 5 heteroatoms. The molecular formula is C16H25NO3Si. The first-order valence-electron chi connectivity index (χ1n) is 7.47. The fourth-order valence-electron chi connectivity index (χ4n) is 2.67. The van der Waals surface area contributed by atoms with Crippen LogP contribution in [0.15, 0.2) is 11.6 Å². The number of hydrogen-bond donors (Lipinski definition) is 0. The first-order valence-corrected chi connectivity index (χ1v) is 10.4. The maximum absolute atomic E-state index is 11.9. The topological polar surface area (TPSA) is 59.3 Å². The third kappa shape index (κ3) is 2.61. The largest absolute Gasteiger partial charge is 0.413 e. The number of nitriles is 1. The van der Waals surface area contributed by atoms with Gasteiger partial charge in [0, 0.05) is 6.42 Å². The van der Waals surface area contributed by atoms with Crippen LogP contribution in [0, 0.1) is 17.2 Å². The average molecular weight is 307 g/mol. The number of ketones is 1. The monoisotopic (exact) mass is 307 g/mol. The number of rotatable bonds is 3. The summed E-state index contributed by atoms with van der Waals surface area (Å²) in [6, 6.07) is 2.32. The lowest BCUT2D eigenvalue weighted by atomic mass is 9.84. The van der Waals surface area contributed by atoms with Gasteiger partial charge in [0.25, 0.3) is 0 Å². The average Bonchev–Trinajstić information content (AvgIpc) is 2.70. The number of nitrogens with zero attached hydrogens (tertiary/aromatic N) is 1. The number of carbonyl (C=O) groups excluding carboxylic acids is 1. The van der Waals surface area contributed by atoms with Gasteiger partial charge >= 0.3 is 0 Å². The Labute approximate surface area is 128 Å². The van der Waals surface area contributed by atoms with Gasteiger partial charge in [0.2, 0.25) is 0 Å². The van der Waals surface area contributed by atoms with E-state index in [0.717, 1.165) is 5.57 Å². The highest BCUT2D eigenvalue weighted by Gasteiger charge is 2.56. The van der Waals surface area contributed by atoms with Crippen molar-refractivity contribution in [2.75, 3.05) is 6.61 Å². The van der Waals surface area contributed by atoms with E-state index in [4.69, 9.17) is 9.16 Å². The number of hydrogen-bond acceptors (Lipinski definition) is 4. The van der Waals surface area contributed by atoms with Crippen LogP contribution < -0.4 is 0 Å². The Morgan fingerprint density at radius 2 is 2.14 bits per heavy atom. The van der Waals surface area contributed by atoms with Gasteiger partial charge in [0.1, 0.15) is 11.7 Å². The second kappa shape index (κ2) is 5.05. The molecule has 116 valence electrons. The molecule has 21 heavy (non-hydrogen) atoms. The molecule has 1 fully saturated rings.